The van der Waals surface area contributed by atoms with Gasteiger partial charge in [-0.1, -0.05) is 48.5 Å². The maximum atomic E-state index is 6.31. The van der Waals surface area contributed by atoms with E-state index in [1.807, 2.05) is 12.1 Å². The van der Waals surface area contributed by atoms with Gasteiger partial charge in [0.25, 0.3) is 0 Å². The Morgan fingerprint density at radius 1 is 0.619 bits per heavy atom. The Kier molecular flexibility index (Phi) is 3.77. The molecular formula is C19H19NP+. The molecule has 0 aliphatic heterocycles. The molecule has 0 fully saturated rings. The van der Waals surface area contributed by atoms with Crippen molar-refractivity contribution >= 4 is 28.9 Å². The van der Waals surface area contributed by atoms with Crippen LogP contribution in [0.2, 0.25) is 0 Å². The molecule has 1 nitrogen and oxygen atoms in total. The molecule has 0 radical (unpaired) electrons. The normalized spacial score (nSPS) is 11.3. The molecule has 104 valence electrons. The first-order valence-electron chi connectivity index (χ1n) is 7.06. The summed E-state index contributed by atoms with van der Waals surface area (Å²) in [5.41, 5.74) is 7.19. The van der Waals surface area contributed by atoms with Gasteiger partial charge in [0, 0.05) is 0 Å². The molecule has 3 rings (SSSR count). The molecule has 0 spiro atoms. The third-order valence-electron chi connectivity index (χ3n) is 3.96. The molecular weight excluding hydrogens is 273 g/mol. The number of benzene rings is 3. The lowest BCUT2D eigenvalue weighted by molar-refractivity contribution is 1.70. The van der Waals surface area contributed by atoms with Crippen molar-refractivity contribution in [3.8, 4) is 0 Å². The van der Waals surface area contributed by atoms with Crippen LogP contribution in [0, 0.1) is 0 Å². The molecule has 0 saturated carbocycles. The number of rotatable bonds is 3. The average molecular weight is 292 g/mol. The van der Waals surface area contributed by atoms with E-state index in [0.717, 1.165) is 5.69 Å². The molecule has 0 aromatic heterocycles. The molecule has 0 atom stereocenters. The molecule has 3 aromatic rings. The smallest absolute Gasteiger partial charge is 0.127 e. The minimum atomic E-state index is -1.69. The monoisotopic (exact) mass is 292 g/mol. The predicted octanol–water partition coefficient (Wildman–Crippen LogP) is 3.19. The summed E-state index contributed by atoms with van der Waals surface area (Å²) in [4.78, 5) is 0. The number of hydrogen-bond donors (Lipinski definition) is 1. The molecule has 2 heteroatoms. The summed E-state index contributed by atoms with van der Waals surface area (Å²) in [5.74, 6) is 0. The molecule has 0 amide bonds. The Bertz CT molecular complexity index is 683. The quantitative estimate of drug-likeness (QED) is 0.582. The predicted molar refractivity (Wildman–Crippen MR) is 95.5 cm³/mol. The van der Waals surface area contributed by atoms with E-state index in [4.69, 9.17) is 5.73 Å². The van der Waals surface area contributed by atoms with Gasteiger partial charge in [-0.05, 0) is 36.4 Å². The third kappa shape index (κ3) is 2.46. The second kappa shape index (κ2) is 5.71. The number of hydrogen-bond acceptors (Lipinski definition) is 1. The summed E-state index contributed by atoms with van der Waals surface area (Å²) in [5, 5.41) is 3.96. The van der Waals surface area contributed by atoms with E-state index in [1.54, 1.807) is 0 Å². The van der Waals surface area contributed by atoms with E-state index in [2.05, 4.69) is 79.5 Å². The van der Waals surface area contributed by atoms with Crippen LogP contribution in [0.3, 0.4) is 0 Å². The van der Waals surface area contributed by atoms with E-state index in [1.165, 1.54) is 15.9 Å². The first kappa shape index (κ1) is 13.9. The molecule has 0 bridgehead atoms. The summed E-state index contributed by atoms with van der Waals surface area (Å²) < 4.78 is 0. The van der Waals surface area contributed by atoms with E-state index in [0.29, 0.717) is 0 Å². The molecule has 2 N–H and O–H groups in total. The van der Waals surface area contributed by atoms with Crippen molar-refractivity contribution in [3.05, 3.63) is 84.9 Å². The van der Waals surface area contributed by atoms with Crippen molar-refractivity contribution in [2.45, 2.75) is 0 Å². The van der Waals surface area contributed by atoms with Crippen molar-refractivity contribution in [2.24, 2.45) is 0 Å². The Morgan fingerprint density at radius 2 is 1.05 bits per heavy atom. The highest BCUT2D eigenvalue weighted by molar-refractivity contribution is 7.95. The standard InChI is InChI=1S/C19H19NP/c1-21(16-10-4-2-5-11-16,17-12-6-3-7-13-17)19-15-9-8-14-18(19)20/h2-15H,20H2,1H3/q+1. The molecule has 0 heterocycles. The maximum absolute atomic E-state index is 6.31. The fraction of sp³-hybridized carbons (Fsp3) is 0.0526. The number of para-hydroxylation sites is 1. The molecule has 0 aliphatic rings. The van der Waals surface area contributed by atoms with Crippen LogP contribution in [0.5, 0.6) is 0 Å². The topological polar surface area (TPSA) is 26.0 Å². The van der Waals surface area contributed by atoms with Crippen LogP contribution in [0.4, 0.5) is 5.69 Å². The fourth-order valence-corrected chi connectivity index (χ4v) is 6.14. The lowest BCUT2D eigenvalue weighted by Gasteiger charge is -2.24. The van der Waals surface area contributed by atoms with Gasteiger partial charge in [-0.15, -0.1) is 0 Å². The van der Waals surface area contributed by atoms with Crippen LogP contribution in [0.1, 0.15) is 0 Å². The van der Waals surface area contributed by atoms with Gasteiger partial charge in [0.1, 0.15) is 23.2 Å². The second-order valence-corrected chi connectivity index (χ2v) is 8.76. The zero-order chi connectivity index (χ0) is 14.7. The third-order valence-corrected chi connectivity index (χ3v) is 8.00. The van der Waals surface area contributed by atoms with Gasteiger partial charge in [0.15, 0.2) is 0 Å². The highest BCUT2D eigenvalue weighted by Gasteiger charge is 2.41. The largest absolute Gasteiger partial charge is 0.396 e. The summed E-state index contributed by atoms with van der Waals surface area (Å²) in [6.45, 7) is 2.35. The van der Waals surface area contributed by atoms with Gasteiger partial charge in [0.05, 0.1) is 12.4 Å². The molecule has 0 aliphatic carbocycles. The maximum Gasteiger partial charge on any atom is 0.127 e. The first-order valence-corrected chi connectivity index (χ1v) is 9.29. The van der Waals surface area contributed by atoms with Crippen LogP contribution in [-0.2, 0) is 0 Å². The van der Waals surface area contributed by atoms with E-state index in [-0.39, 0.29) is 0 Å². The van der Waals surface area contributed by atoms with Crippen molar-refractivity contribution in [1.29, 1.82) is 0 Å². The summed E-state index contributed by atoms with van der Waals surface area (Å²) >= 11 is 0. The Hall–Kier alpha value is -2.11. The molecule has 3 aromatic carbocycles. The van der Waals surface area contributed by atoms with Crippen LogP contribution in [0.25, 0.3) is 0 Å². The van der Waals surface area contributed by atoms with Crippen molar-refractivity contribution in [3.63, 3.8) is 0 Å². The zero-order valence-electron chi connectivity index (χ0n) is 12.1. The summed E-state index contributed by atoms with van der Waals surface area (Å²) in [7, 11) is -1.69. The Labute approximate surface area is 126 Å². The van der Waals surface area contributed by atoms with E-state index < -0.39 is 7.26 Å². The van der Waals surface area contributed by atoms with Gasteiger partial charge in [-0.2, -0.15) is 0 Å². The summed E-state index contributed by atoms with van der Waals surface area (Å²) in [6, 6.07) is 29.7. The first-order chi connectivity index (χ1) is 10.2. The highest BCUT2D eigenvalue weighted by Crippen LogP contribution is 2.52. The van der Waals surface area contributed by atoms with E-state index >= 15 is 0 Å². The number of nitrogen functional groups attached to an aromatic ring is 1. The SMILES string of the molecule is C[P+](c1ccccc1)(c1ccccc1)c1ccccc1N. The summed E-state index contributed by atoms with van der Waals surface area (Å²) in [6.07, 6.45) is 0. The van der Waals surface area contributed by atoms with Crippen LogP contribution < -0.4 is 21.6 Å². The van der Waals surface area contributed by atoms with Gasteiger partial charge in [-0.25, -0.2) is 0 Å². The van der Waals surface area contributed by atoms with Crippen LogP contribution >= 0.6 is 7.26 Å². The van der Waals surface area contributed by atoms with E-state index in [9.17, 15) is 0 Å². The lowest BCUT2D eigenvalue weighted by Crippen LogP contribution is -2.31. The second-order valence-electron chi connectivity index (χ2n) is 5.24. The zero-order valence-corrected chi connectivity index (χ0v) is 13.0. The lowest BCUT2D eigenvalue weighted by atomic mass is 10.3. The minimum Gasteiger partial charge on any atom is -0.396 e. The molecule has 21 heavy (non-hydrogen) atoms. The van der Waals surface area contributed by atoms with Gasteiger partial charge in [-0.3, -0.25) is 0 Å². The van der Waals surface area contributed by atoms with Gasteiger partial charge in [0.2, 0.25) is 0 Å². The molecule has 0 saturated heterocycles. The fourth-order valence-electron chi connectivity index (χ4n) is 2.77. The minimum absolute atomic E-state index is 0.876. The van der Waals surface area contributed by atoms with Crippen LogP contribution in [-0.4, -0.2) is 6.66 Å². The van der Waals surface area contributed by atoms with Crippen molar-refractivity contribution in [2.75, 3.05) is 12.4 Å². The highest BCUT2D eigenvalue weighted by atomic mass is 31.2. The molecule has 0 unspecified atom stereocenters. The van der Waals surface area contributed by atoms with Gasteiger partial charge >= 0.3 is 0 Å². The van der Waals surface area contributed by atoms with Crippen molar-refractivity contribution in [1.82, 2.24) is 0 Å². The Balaban J connectivity index is 2.29. The van der Waals surface area contributed by atoms with Crippen LogP contribution in [0.15, 0.2) is 84.9 Å². The van der Waals surface area contributed by atoms with Crippen molar-refractivity contribution < 1.29 is 0 Å². The number of nitrogens with two attached hydrogens (primary N) is 1. The Morgan fingerprint density at radius 3 is 1.52 bits per heavy atom. The van der Waals surface area contributed by atoms with Gasteiger partial charge < -0.3 is 5.73 Å². The number of anilines is 1. The average Bonchev–Trinajstić information content (AvgIpc) is 2.56.